The number of halogens is 1. The SMILES string of the molecule is COC(=O)c1cc(OC(C)c2ccncn2)c(Br)cc1N. The minimum Gasteiger partial charge on any atom is -0.483 e. The van der Waals surface area contributed by atoms with Crippen molar-refractivity contribution in [2.75, 3.05) is 12.8 Å². The molecule has 0 aliphatic rings. The van der Waals surface area contributed by atoms with Crippen molar-refractivity contribution in [3.63, 3.8) is 0 Å². The van der Waals surface area contributed by atoms with Crippen molar-refractivity contribution in [3.05, 3.63) is 46.5 Å². The minimum absolute atomic E-state index is 0.255. The van der Waals surface area contributed by atoms with E-state index in [0.29, 0.717) is 15.9 Å². The molecule has 0 radical (unpaired) electrons. The van der Waals surface area contributed by atoms with Gasteiger partial charge in [-0.3, -0.25) is 0 Å². The molecule has 0 aliphatic carbocycles. The molecule has 0 saturated heterocycles. The van der Waals surface area contributed by atoms with Crippen LogP contribution in [0.3, 0.4) is 0 Å². The first kappa shape index (κ1) is 15.2. The number of carbonyl (C=O) groups is 1. The summed E-state index contributed by atoms with van der Waals surface area (Å²) in [5.41, 5.74) is 7.10. The largest absolute Gasteiger partial charge is 0.483 e. The van der Waals surface area contributed by atoms with Crippen LogP contribution in [0.5, 0.6) is 5.75 Å². The van der Waals surface area contributed by atoms with Crippen LogP contribution < -0.4 is 10.5 Å². The average Bonchev–Trinajstić information content (AvgIpc) is 2.50. The molecule has 1 heterocycles. The van der Waals surface area contributed by atoms with Gasteiger partial charge in [0.1, 0.15) is 18.2 Å². The Kier molecular flexibility index (Phi) is 4.74. The summed E-state index contributed by atoms with van der Waals surface area (Å²) in [7, 11) is 1.30. The average molecular weight is 352 g/mol. The maximum Gasteiger partial charge on any atom is 0.340 e. The van der Waals surface area contributed by atoms with Crippen LogP contribution in [0.1, 0.15) is 29.1 Å². The lowest BCUT2D eigenvalue weighted by Crippen LogP contribution is -2.09. The zero-order valence-electron chi connectivity index (χ0n) is 11.5. The van der Waals surface area contributed by atoms with Crippen molar-refractivity contribution in [1.29, 1.82) is 0 Å². The number of esters is 1. The van der Waals surface area contributed by atoms with Gasteiger partial charge in [0, 0.05) is 11.9 Å². The van der Waals surface area contributed by atoms with Gasteiger partial charge < -0.3 is 15.2 Å². The van der Waals surface area contributed by atoms with E-state index in [4.69, 9.17) is 15.2 Å². The van der Waals surface area contributed by atoms with Crippen LogP contribution in [0.15, 0.2) is 35.2 Å². The smallest absolute Gasteiger partial charge is 0.340 e. The molecule has 1 aromatic carbocycles. The van der Waals surface area contributed by atoms with Gasteiger partial charge >= 0.3 is 5.97 Å². The number of carbonyl (C=O) groups excluding carboxylic acids is 1. The van der Waals surface area contributed by atoms with Gasteiger partial charge in [0.2, 0.25) is 0 Å². The maximum absolute atomic E-state index is 11.7. The molecular formula is C14H14BrN3O3. The highest BCUT2D eigenvalue weighted by molar-refractivity contribution is 9.10. The molecule has 0 aliphatic heterocycles. The molecule has 0 amide bonds. The van der Waals surface area contributed by atoms with Crippen LogP contribution in [0, 0.1) is 0 Å². The van der Waals surface area contributed by atoms with Crippen LogP contribution in [-0.4, -0.2) is 23.0 Å². The Balaban J connectivity index is 2.29. The molecule has 6 nitrogen and oxygen atoms in total. The molecule has 2 aromatic rings. The van der Waals surface area contributed by atoms with Crippen LogP contribution in [0.4, 0.5) is 5.69 Å². The van der Waals surface area contributed by atoms with E-state index in [2.05, 4.69) is 25.9 Å². The fourth-order valence-corrected chi connectivity index (χ4v) is 2.19. The molecule has 1 atom stereocenters. The molecule has 1 unspecified atom stereocenters. The number of nitrogens with two attached hydrogens (primary N) is 1. The Bertz CT molecular complexity index is 649. The van der Waals surface area contributed by atoms with Gasteiger partial charge in [-0.25, -0.2) is 14.8 Å². The third kappa shape index (κ3) is 3.49. The second kappa shape index (κ2) is 6.53. The van der Waals surface area contributed by atoms with Crippen LogP contribution in [0.2, 0.25) is 0 Å². The van der Waals surface area contributed by atoms with Crippen LogP contribution in [-0.2, 0) is 4.74 Å². The van der Waals surface area contributed by atoms with Gasteiger partial charge in [0.15, 0.2) is 0 Å². The van der Waals surface area contributed by atoms with Crippen molar-refractivity contribution >= 4 is 27.6 Å². The summed E-state index contributed by atoms with van der Waals surface area (Å²) in [5.74, 6) is -0.0322. The summed E-state index contributed by atoms with van der Waals surface area (Å²) >= 11 is 3.36. The Labute approximate surface area is 130 Å². The lowest BCUT2D eigenvalue weighted by Gasteiger charge is -2.16. The number of anilines is 1. The third-order valence-electron chi connectivity index (χ3n) is 2.83. The monoisotopic (exact) mass is 351 g/mol. The summed E-state index contributed by atoms with van der Waals surface area (Å²) in [6, 6.07) is 4.91. The highest BCUT2D eigenvalue weighted by Crippen LogP contribution is 2.33. The summed E-state index contributed by atoms with van der Waals surface area (Å²) < 4.78 is 11.2. The second-order valence-corrected chi connectivity index (χ2v) is 5.11. The van der Waals surface area contributed by atoms with E-state index in [-0.39, 0.29) is 11.7 Å². The number of hydrogen-bond donors (Lipinski definition) is 1. The van der Waals surface area contributed by atoms with Gasteiger partial charge in [0.25, 0.3) is 0 Å². The van der Waals surface area contributed by atoms with Gasteiger partial charge in [0.05, 0.1) is 22.8 Å². The Hall–Kier alpha value is -2.15. The molecule has 0 spiro atoms. The number of nitrogens with zero attached hydrogens (tertiary/aromatic N) is 2. The van der Waals surface area contributed by atoms with E-state index in [9.17, 15) is 4.79 Å². The normalized spacial score (nSPS) is 11.8. The zero-order valence-corrected chi connectivity index (χ0v) is 13.1. The highest BCUT2D eigenvalue weighted by atomic mass is 79.9. The molecule has 0 fully saturated rings. The summed E-state index contributed by atoms with van der Waals surface area (Å²) in [6.45, 7) is 1.85. The Morgan fingerprint density at radius 3 is 2.81 bits per heavy atom. The molecular weight excluding hydrogens is 338 g/mol. The van der Waals surface area contributed by atoms with Gasteiger partial charge in [-0.1, -0.05) is 0 Å². The van der Waals surface area contributed by atoms with Crippen molar-refractivity contribution in [3.8, 4) is 5.75 Å². The minimum atomic E-state index is -0.514. The number of hydrogen-bond acceptors (Lipinski definition) is 6. The summed E-state index contributed by atoms with van der Waals surface area (Å²) in [5, 5.41) is 0. The molecule has 7 heteroatoms. The first-order valence-corrected chi connectivity index (χ1v) is 6.92. The quantitative estimate of drug-likeness (QED) is 0.673. The van der Waals surface area contributed by atoms with E-state index in [0.717, 1.165) is 5.69 Å². The first-order chi connectivity index (χ1) is 10.0. The first-order valence-electron chi connectivity index (χ1n) is 6.12. The second-order valence-electron chi connectivity index (χ2n) is 4.26. The third-order valence-corrected chi connectivity index (χ3v) is 3.45. The van der Waals surface area contributed by atoms with Gasteiger partial charge in [-0.05, 0) is 41.1 Å². The molecule has 0 saturated carbocycles. The molecule has 1 aromatic heterocycles. The topological polar surface area (TPSA) is 87.3 Å². The number of rotatable bonds is 4. The number of aromatic nitrogens is 2. The van der Waals surface area contributed by atoms with Gasteiger partial charge in [-0.15, -0.1) is 0 Å². The summed E-state index contributed by atoms with van der Waals surface area (Å²) in [6.07, 6.45) is 2.78. The Morgan fingerprint density at radius 2 is 2.19 bits per heavy atom. The number of ether oxygens (including phenoxy) is 2. The van der Waals surface area contributed by atoms with Crippen LogP contribution in [0.25, 0.3) is 0 Å². The standard InChI is InChI=1S/C14H14BrN3O3/c1-8(12-3-4-17-7-18-12)21-13-5-9(14(19)20-2)11(16)6-10(13)15/h3-8H,16H2,1-2H3. The van der Waals surface area contributed by atoms with E-state index in [1.54, 1.807) is 24.4 Å². The number of benzene rings is 1. The number of methoxy groups -OCH3 is 1. The van der Waals surface area contributed by atoms with E-state index < -0.39 is 5.97 Å². The predicted octanol–water partition coefficient (Wildman–Crippen LogP) is 2.75. The zero-order chi connectivity index (χ0) is 15.4. The summed E-state index contributed by atoms with van der Waals surface area (Å²) in [4.78, 5) is 19.6. The van der Waals surface area contributed by atoms with E-state index in [1.807, 2.05) is 6.92 Å². The van der Waals surface area contributed by atoms with Gasteiger partial charge in [-0.2, -0.15) is 0 Å². The number of nitrogen functional groups attached to an aromatic ring is 1. The highest BCUT2D eigenvalue weighted by Gasteiger charge is 2.17. The maximum atomic E-state index is 11.7. The molecule has 21 heavy (non-hydrogen) atoms. The van der Waals surface area contributed by atoms with Crippen molar-refractivity contribution in [2.24, 2.45) is 0 Å². The molecule has 0 bridgehead atoms. The Morgan fingerprint density at radius 1 is 1.43 bits per heavy atom. The van der Waals surface area contributed by atoms with Crippen molar-refractivity contribution in [1.82, 2.24) is 9.97 Å². The van der Waals surface area contributed by atoms with Crippen molar-refractivity contribution < 1.29 is 14.3 Å². The molecule has 2 N–H and O–H groups in total. The molecule has 2 rings (SSSR count). The lowest BCUT2D eigenvalue weighted by molar-refractivity contribution is 0.0601. The van der Waals surface area contributed by atoms with E-state index >= 15 is 0 Å². The fourth-order valence-electron chi connectivity index (χ4n) is 1.74. The molecule has 110 valence electrons. The van der Waals surface area contributed by atoms with Crippen molar-refractivity contribution in [2.45, 2.75) is 13.0 Å². The fraction of sp³-hybridized carbons (Fsp3) is 0.214. The lowest BCUT2D eigenvalue weighted by atomic mass is 10.1. The van der Waals surface area contributed by atoms with Crippen LogP contribution >= 0.6 is 15.9 Å². The predicted molar refractivity (Wildman–Crippen MR) is 81.0 cm³/mol. The van der Waals surface area contributed by atoms with E-state index in [1.165, 1.54) is 13.4 Å².